The molecule has 1 aliphatic carbocycles. The smallest absolute Gasteiger partial charge is 0.258 e. The van der Waals surface area contributed by atoms with Crippen molar-refractivity contribution >= 4 is 28.4 Å². The molecule has 0 radical (unpaired) electrons. The fourth-order valence-electron chi connectivity index (χ4n) is 4.78. The quantitative estimate of drug-likeness (QED) is 0.624. The lowest BCUT2D eigenvalue weighted by Gasteiger charge is -2.21. The van der Waals surface area contributed by atoms with Crippen molar-refractivity contribution in [1.82, 2.24) is 15.1 Å². The number of phenolic OH excluding ortho intramolecular Hbond substituents is 1. The van der Waals surface area contributed by atoms with Crippen molar-refractivity contribution in [3.05, 3.63) is 57.7 Å². The second-order valence-electron chi connectivity index (χ2n) is 8.37. The van der Waals surface area contributed by atoms with Gasteiger partial charge in [0.1, 0.15) is 5.75 Å². The topological polar surface area (TPSA) is 69.2 Å². The van der Waals surface area contributed by atoms with E-state index in [1.807, 2.05) is 24.3 Å². The van der Waals surface area contributed by atoms with Gasteiger partial charge in [0.05, 0.1) is 11.1 Å². The molecule has 5 nitrogen and oxygen atoms in total. The molecular weight excluding hydrogens is 386 g/mol. The van der Waals surface area contributed by atoms with Crippen LogP contribution in [0.1, 0.15) is 59.3 Å². The van der Waals surface area contributed by atoms with E-state index in [2.05, 4.69) is 10.2 Å². The van der Waals surface area contributed by atoms with Gasteiger partial charge in [-0.2, -0.15) is 5.10 Å². The molecule has 3 aromatic rings. The molecule has 2 heterocycles. The number of hydrogen-bond acceptors (Lipinski definition) is 3. The predicted molar refractivity (Wildman–Crippen MR) is 113 cm³/mol. The van der Waals surface area contributed by atoms with Gasteiger partial charge in [0.15, 0.2) is 0 Å². The molecule has 6 heteroatoms. The van der Waals surface area contributed by atoms with E-state index in [-0.39, 0.29) is 11.7 Å². The fourth-order valence-corrected chi connectivity index (χ4v) is 4.98. The minimum atomic E-state index is -0.165. The van der Waals surface area contributed by atoms with E-state index in [9.17, 15) is 9.90 Å². The summed E-state index contributed by atoms with van der Waals surface area (Å²) in [7, 11) is 0. The number of aromatic nitrogens is 2. The molecule has 1 amide bonds. The molecule has 0 unspecified atom stereocenters. The number of aromatic hydroxyl groups is 1. The van der Waals surface area contributed by atoms with E-state index in [1.54, 1.807) is 11.0 Å². The van der Waals surface area contributed by atoms with Gasteiger partial charge < -0.3 is 10.0 Å². The van der Waals surface area contributed by atoms with Gasteiger partial charge in [0.2, 0.25) is 0 Å². The molecule has 29 heavy (non-hydrogen) atoms. The molecule has 0 saturated heterocycles. The van der Waals surface area contributed by atoms with Gasteiger partial charge in [-0.25, -0.2) is 0 Å². The van der Waals surface area contributed by atoms with Crippen molar-refractivity contribution in [1.29, 1.82) is 0 Å². The average molecular weight is 410 g/mol. The maximum absolute atomic E-state index is 13.2. The Morgan fingerprint density at radius 1 is 1.14 bits per heavy atom. The summed E-state index contributed by atoms with van der Waals surface area (Å²) in [6.07, 6.45) is 7.36. The van der Waals surface area contributed by atoms with Crippen LogP contribution in [-0.2, 0) is 19.5 Å². The molecular formula is C23H24ClN3O2. The van der Waals surface area contributed by atoms with Crippen LogP contribution < -0.4 is 0 Å². The summed E-state index contributed by atoms with van der Waals surface area (Å²) in [6, 6.07) is 9.13. The number of amides is 1. The van der Waals surface area contributed by atoms with Gasteiger partial charge in [-0.3, -0.25) is 9.89 Å². The first-order valence-corrected chi connectivity index (χ1v) is 10.7. The van der Waals surface area contributed by atoms with Crippen LogP contribution in [0.3, 0.4) is 0 Å². The minimum absolute atomic E-state index is 0.0211. The maximum Gasteiger partial charge on any atom is 0.258 e. The summed E-state index contributed by atoms with van der Waals surface area (Å²) in [4.78, 5) is 14.9. The van der Waals surface area contributed by atoms with Crippen LogP contribution in [-0.4, -0.2) is 26.1 Å². The summed E-state index contributed by atoms with van der Waals surface area (Å²) in [5.74, 6) is 0.479. The number of carbonyl (C=O) groups excluding carboxylic acids is 1. The third-order valence-electron chi connectivity index (χ3n) is 6.38. The van der Waals surface area contributed by atoms with Crippen LogP contribution >= 0.6 is 11.6 Å². The molecule has 0 bridgehead atoms. The van der Waals surface area contributed by atoms with Gasteiger partial charge in [-0.05, 0) is 41.7 Å². The number of phenols is 1. The molecule has 1 aromatic heterocycles. The minimum Gasteiger partial charge on any atom is -0.507 e. The monoisotopic (exact) mass is 409 g/mol. The molecule has 2 aromatic carbocycles. The number of H-pyrrole nitrogens is 1. The number of fused-ring (bicyclic) bond motifs is 2. The number of aromatic amines is 1. The molecule has 1 saturated carbocycles. The first-order valence-electron chi connectivity index (χ1n) is 10.3. The van der Waals surface area contributed by atoms with Gasteiger partial charge in [-0.15, -0.1) is 0 Å². The molecule has 1 fully saturated rings. The molecule has 2 aliphatic rings. The zero-order chi connectivity index (χ0) is 20.0. The highest BCUT2D eigenvalue weighted by Gasteiger charge is 2.27. The highest BCUT2D eigenvalue weighted by Crippen LogP contribution is 2.33. The van der Waals surface area contributed by atoms with E-state index < -0.39 is 0 Å². The van der Waals surface area contributed by atoms with E-state index in [0.29, 0.717) is 35.1 Å². The second-order valence-corrected chi connectivity index (χ2v) is 8.81. The van der Waals surface area contributed by atoms with Crippen LogP contribution in [0.2, 0.25) is 5.02 Å². The molecule has 150 valence electrons. The lowest BCUT2D eigenvalue weighted by atomic mass is 9.85. The number of hydrogen-bond donors (Lipinski definition) is 2. The first-order chi connectivity index (χ1) is 14.1. The Bertz CT molecular complexity index is 1090. The summed E-state index contributed by atoms with van der Waals surface area (Å²) >= 11 is 6.09. The standard InChI is InChI=1S/C23H24ClN3O2/c24-17-7-6-15-12-27(13-16(15)9-17)23(29)19-10-18-20(8-14-4-2-1-3-5-14)25-26-21(18)11-22(19)28/h6-7,9-11,14,28H,1-5,8,12-13H2,(H,25,26). The van der Waals surface area contributed by atoms with Crippen LogP contribution in [0.15, 0.2) is 30.3 Å². The number of benzene rings is 2. The largest absolute Gasteiger partial charge is 0.507 e. The Labute approximate surface area is 174 Å². The Kier molecular flexibility index (Phi) is 4.70. The van der Waals surface area contributed by atoms with E-state index >= 15 is 0 Å². The van der Waals surface area contributed by atoms with Crippen molar-refractivity contribution in [2.24, 2.45) is 5.92 Å². The summed E-state index contributed by atoms with van der Waals surface area (Å²) in [5, 5.41) is 19.6. The Morgan fingerprint density at radius 2 is 1.93 bits per heavy atom. The Hall–Kier alpha value is -2.53. The number of carbonyl (C=O) groups is 1. The van der Waals surface area contributed by atoms with E-state index in [0.717, 1.165) is 28.6 Å². The average Bonchev–Trinajstić information content (AvgIpc) is 3.31. The third kappa shape index (κ3) is 3.48. The number of halogens is 1. The molecule has 5 rings (SSSR count). The van der Waals surface area contributed by atoms with E-state index in [4.69, 9.17) is 11.6 Å². The normalized spacial score (nSPS) is 17.1. The highest BCUT2D eigenvalue weighted by atomic mass is 35.5. The zero-order valence-corrected chi connectivity index (χ0v) is 17.0. The molecule has 2 N–H and O–H groups in total. The van der Waals surface area contributed by atoms with Crippen molar-refractivity contribution in [3.8, 4) is 5.75 Å². The lowest BCUT2D eigenvalue weighted by molar-refractivity contribution is 0.0748. The Balaban J connectivity index is 1.43. The van der Waals surface area contributed by atoms with Crippen molar-refractivity contribution < 1.29 is 9.90 Å². The number of nitrogens with one attached hydrogen (secondary N) is 1. The van der Waals surface area contributed by atoms with Crippen LogP contribution in [0, 0.1) is 5.92 Å². The van der Waals surface area contributed by atoms with Gasteiger partial charge >= 0.3 is 0 Å². The predicted octanol–water partition coefficient (Wildman–Crippen LogP) is 5.20. The third-order valence-corrected chi connectivity index (χ3v) is 6.61. The van der Waals surface area contributed by atoms with Gasteiger partial charge in [0.25, 0.3) is 5.91 Å². The summed E-state index contributed by atoms with van der Waals surface area (Å²) < 4.78 is 0. The van der Waals surface area contributed by atoms with Crippen LogP contribution in [0.5, 0.6) is 5.75 Å². The molecule has 0 atom stereocenters. The molecule has 0 spiro atoms. The number of rotatable bonds is 3. The molecule has 1 aliphatic heterocycles. The first kappa shape index (κ1) is 18.5. The van der Waals surface area contributed by atoms with Gasteiger partial charge in [-0.1, -0.05) is 49.8 Å². The van der Waals surface area contributed by atoms with Crippen molar-refractivity contribution in [2.75, 3.05) is 0 Å². The fraction of sp³-hybridized carbons (Fsp3) is 0.391. The van der Waals surface area contributed by atoms with Gasteiger partial charge in [0, 0.05) is 35.3 Å². The Morgan fingerprint density at radius 3 is 2.76 bits per heavy atom. The van der Waals surface area contributed by atoms with E-state index in [1.165, 1.54) is 32.1 Å². The summed E-state index contributed by atoms with van der Waals surface area (Å²) in [5.41, 5.74) is 4.28. The lowest BCUT2D eigenvalue weighted by Crippen LogP contribution is -2.25. The zero-order valence-electron chi connectivity index (χ0n) is 16.2. The number of nitrogens with zero attached hydrogens (tertiary/aromatic N) is 2. The highest BCUT2D eigenvalue weighted by molar-refractivity contribution is 6.30. The van der Waals surface area contributed by atoms with Crippen LogP contribution in [0.25, 0.3) is 10.9 Å². The summed E-state index contributed by atoms with van der Waals surface area (Å²) in [6.45, 7) is 1.04. The second kappa shape index (κ2) is 7.38. The van der Waals surface area contributed by atoms with Crippen LogP contribution in [0.4, 0.5) is 0 Å². The van der Waals surface area contributed by atoms with Crippen molar-refractivity contribution in [2.45, 2.75) is 51.6 Å². The van der Waals surface area contributed by atoms with Crippen molar-refractivity contribution in [3.63, 3.8) is 0 Å². The SMILES string of the molecule is O=C(c1cc2c(CC3CCCCC3)[nH]nc2cc1O)N1Cc2ccc(Cl)cc2C1. The maximum atomic E-state index is 13.2.